The molecule has 0 atom stereocenters. The van der Waals surface area contributed by atoms with E-state index in [-0.39, 0.29) is 0 Å². The molecule has 0 aliphatic rings. The fourth-order valence-corrected chi connectivity index (χ4v) is 0. The highest BCUT2D eigenvalue weighted by Gasteiger charge is 2.01. The highest BCUT2D eigenvalue weighted by atomic mass is 35.5. The summed E-state index contributed by atoms with van der Waals surface area (Å²) in [6.45, 7) is 1.68. The van der Waals surface area contributed by atoms with E-state index in [4.69, 9.17) is 23.2 Å². The van der Waals surface area contributed by atoms with E-state index < -0.39 is 3.20 Å². The first-order chi connectivity index (χ1) is 2.00. The molecule has 0 aliphatic heterocycles. The standard InChI is InChI=1S/C2H3Cl2.Al/c1-2(3)4;/h1H3;. The highest BCUT2D eigenvalue weighted by Crippen LogP contribution is 2.11. The molecule has 28 valence electrons. The Morgan fingerprint density at radius 2 is 1.60 bits per heavy atom. The molecular weight excluding hydrogens is 122 g/mol. The van der Waals surface area contributed by atoms with E-state index in [1.807, 2.05) is 0 Å². The molecule has 0 aliphatic carbocycles. The van der Waals surface area contributed by atoms with Crippen LogP contribution in [0.1, 0.15) is 6.92 Å². The predicted molar refractivity (Wildman–Crippen MR) is 25.9 cm³/mol. The van der Waals surface area contributed by atoms with Crippen molar-refractivity contribution in [3.63, 3.8) is 0 Å². The van der Waals surface area contributed by atoms with Crippen LogP contribution in [-0.4, -0.2) is 19.5 Å². The van der Waals surface area contributed by atoms with Gasteiger partial charge in [0.1, 0.15) is 0 Å². The Morgan fingerprint density at radius 3 is 1.60 bits per heavy atom. The number of halogens is 2. The fraction of sp³-hybridized carbons (Fsp3) is 1.00. The van der Waals surface area contributed by atoms with Crippen molar-refractivity contribution in [1.82, 2.24) is 0 Å². The van der Waals surface area contributed by atoms with Crippen LogP contribution in [0.2, 0.25) is 0 Å². The third-order valence-corrected chi connectivity index (χ3v) is 0. The molecule has 2 radical (unpaired) electrons. The average Bonchev–Trinajstić information content (AvgIpc) is 0.722. The number of rotatable bonds is 0. The molecule has 0 aromatic carbocycles. The van der Waals surface area contributed by atoms with Crippen LogP contribution in [0.5, 0.6) is 0 Å². The average molecular weight is 125 g/mol. The molecule has 0 spiro atoms. The third kappa shape index (κ3) is 40.0. The first-order valence-corrected chi connectivity index (χ1v) is 2.50. The van der Waals surface area contributed by atoms with Gasteiger partial charge < -0.3 is 0 Å². The van der Waals surface area contributed by atoms with E-state index >= 15 is 0 Å². The van der Waals surface area contributed by atoms with Crippen LogP contribution in [0.3, 0.4) is 0 Å². The minimum absolute atomic E-state index is 0.639. The molecule has 0 unspecified atom stereocenters. The summed E-state index contributed by atoms with van der Waals surface area (Å²) < 4.78 is -0.639. The zero-order chi connectivity index (χ0) is 4.50. The Hall–Kier alpha value is 1.11. The topological polar surface area (TPSA) is 0 Å². The van der Waals surface area contributed by atoms with Gasteiger partial charge in [-0.3, -0.25) is 0 Å². The minimum Gasteiger partial charge on any atom is -0.122 e. The monoisotopic (exact) mass is 124 g/mol. The lowest BCUT2D eigenvalue weighted by molar-refractivity contribution is 1.27. The first-order valence-electron chi connectivity index (χ1n) is 1.17. The van der Waals surface area contributed by atoms with Gasteiger partial charge in [-0.25, -0.2) is 0 Å². The van der Waals surface area contributed by atoms with E-state index in [2.05, 4.69) is 16.3 Å². The molecule has 0 nitrogen and oxygen atoms in total. The van der Waals surface area contributed by atoms with Gasteiger partial charge in [0.15, 0.2) is 16.3 Å². The zero-order valence-corrected chi connectivity index (χ0v) is 5.50. The third-order valence-electron chi connectivity index (χ3n) is 0. The summed E-state index contributed by atoms with van der Waals surface area (Å²) in [6.07, 6.45) is 0. The molecule has 0 saturated heterocycles. The Labute approximate surface area is 49.9 Å². The van der Waals surface area contributed by atoms with Gasteiger partial charge in [0.05, 0.1) is 0 Å². The normalized spacial score (nSPS) is 11.8. The molecule has 0 saturated carbocycles. The van der Waals surface area contributed by atoms with E-state index in [0.717, 1.165) is 0 Å². The van der Waals surface area contributed by atoms with Crippen molar-refractivity contribution in [2.24, 2.45) is 0 Å². The highest BCUT2D eigenvalue weighted by molar-refractivity contribution is 6.64. The fourth-order valence-electron chi connectivity index (χ4n) is 0. The molecule has 0 N–H and O–H groups in total. The number of hydrogen-bond acceptors (Lipinski definition) is 0. The predicted octanol–water partition coefficient (Wildman–Crippen LogP) is 1.31. The van der Waals surface area contributed by atoms with Gasteiger partial charge in [-0.1, -0.05) is 0 Å². The second-order valence-corrected chi connectivity index (χ2v) is 4.61. The van der Waals surface area contributed by atoms with Crippen molar-refractivity contribution < 1.29 is 0 Å². The number of alkyl halides is 2. The Kier molecular flexibility index (Phi) is 2.09. The largest absolute Gasteiger partial charge is 0.183 e. The Balaban J connectivity index is 3.02. The van der Waals surface area contributed by atoms with Crippen LogP contribution < -0.4 is 0 Å². The van der Waals surface area contributed by atoms with Gasteiger partial charge in [0, 0.05) is 3.20 Å². The quantitative estimate of drug-likeness (QED) is 0.338. The smallest absolute Gasteiger partial charge is 0.122 e. The van der Waals surface area contributed by atoms with Crippen molar-refractivity contribution in [2.75, 3.05) is 0 Å². The summed E-state index contributed by atoms with van der Waals surface area (Å²) in [5.41, 5.74) is 0. The molecule has 0 heterocycles. The summed E-state index contributed by atoms with van der Waals surface area (Å²) in [4.78, 5) is 0. The van der Waals surface area contributed by atoms with Gasteiger partial charge in [0.2, 0.25) is 0 Å². The van der Waals surface area contributed by atoms with Gasteiger partial charge in [-0.05, 0) is 6.92 Å². The van der Waals surface area contributed by atoms with Gasteiger partial charge >= 0.3 is 0 Å². The molecule has 0 aromatic heterocycles. The van der Waals surface area contributed by atoms with Gasteiger partial charge in [-0.15, -0.1) is 23.2 Å². The molecule has 3 heteroatoms. The lowest BCUT2D eigenvalue weighted by atomic mass is 10.9. The molecule has 0 rings (SSSR count). The van der Waals surface area contributed by atoms with E-state index in [0.29, 0.717) is 0 Å². The van der Waals surface area contributed by atoms with Crippen LogP contribution in [0.25, 0.3) is 0 Å². The summed E-state index contributed by atoms with van der Waals surface area (Å²) in [7, 11) is 0. The summed E-state index contributed by atoms with van der Waals surface area (Å²) in [6, 6.07) is 0. The lowest BCUT2D eigenvalue weighted by Gasteiger charge is -2.00. The lowest BCUT2D eigenvalue weighted by Crippen LogP contribution is -2.02. The van der Waals surface area contributed by atoms with E-state index in [1.54, 1.807) is 6.92 Å². The Bertz CT molecular complexity index is 23.1. The molecule has 0 bridgehead atoms. The maximum absolute atomic E-state index is 5.26. The maximum Gasteiger partial charge on any atom is 0.183 e. The zero-order valence-electron chi connectivity index (χ0n) is 2.83. The van der Waals surface area contributed by atoms with Gasteiger partial charge in [-0.2, -0.15) is 0 Å². The molecular formula is C2H3AlCl2. The first kappa shape index (κ1) is 6.11. The van der Waals surface area contributed by atoms with E-state index in [1.165, 1.54) is 0 Å². The second kappa shape index (κ2) is 1.71. The molecule has 0 amide bonds. The van der Waals surface area contributed by atoms with Crippen LogP contribution in [-0.2, 0) is 0 Å². The summed E-state index contributed by atoms with van der Waals surface area (Å²) in [5.74, 6) is 0. The Morgan fingerprint density at radius 1 is 1.60 bits per heavy atom. The van der Waals surface area contributed by atoms with Gasteiger partial charge in [0.25, 0.3) is 0 Å². The van der Waals surface area contributed by atoms with Crippen LogP contribution >= 0.6 is 23.2 Å². The maximum atomic E-state index is 5.26. The molecule has 0 aromatic rings. The second-order valence-electron chi connectivity index (χ2n) is 0.956. The number of hydrogen-bond donors (Lipinski definition) is 0. The van der Waals surface area contributed by atoms with E-state index in [9.17, 15) is 0 Å². The molecule has 0 fully saturated rings. The van der Waals surface area contributed by atoms with Crippen molar-refractivity contribution in [1.29, 1.82) is 0 Å². The summed E-state index contributed by atoms with van der Waals surface area (Å²) in [5, 5.41) is 0. The van der Waals surface area contributed by atoms with Crippen molar-refractivity contribution in [3.05, 3.63) is 0 Å². The summed E-state index contributed by atoms with van der Waals surface area (Å²) >= 11 is 12.8. The van der Waals surface area contributed by atoms with Crippen molar-refractivity contribution in [2.45, 2.75) is 10.1 Å². The van der Waals surface area contributed by atoms with Crippen LogP contribution in [0.15, 0.2) is 0 Å². The van der Waals surface area contributed by atoms with Crippen molar-refractivity contribution in [3.8, 4) is 0 Å². The molecule has 5 heavy (non-hydrogen) atoms. The van der Waals surface area contributed by atoms with Crippen LogP contribution in [0, 0.1) is 0 Å². The van der Waals surface area contributed by atoms with Crippen molar-refractivity contribution >= 4 is 39.5 Å². The minimum atomic E-state index is -0.639. The SMILES string of the molecule is C[C]([Al])(Cl)Cl. The van der Waals surface area contributed by atoms with Crippen LogP contribution in [0.4, 0.5) is 0 Å².